The average Bonchev–Trinajstić information content (AvgIpc) is 3.48. The van der Waals surface area contributed by atoms with Crippen LogP contribution in [0.4, 0.5) is 16.5 Å². The second-order valence-corrected chi connectivity index (χ2v) is 11.8. The van der Waals surface area contributed by atoms with Gasteiger partial charge in [0, 0.05) is 68.6 Å². The van der Waals surface area contributed by atoms with E-state index in [9.17, 15) is 13.2 Å². The maximum Gasteiger partial charge on any atom is 0.263 e. The standard InChI is InChI=1S/C23H23Cl2N5O3S2.2H2/c24-16-13-17(25)15-19(14-16)28-8-10-29(11-9-28)21-5-7-30(22(21)31)18-1-3-20(4-2-18)35(32,33)27-23-26-6-12-34-23;;/h1-4,6,12-15,21H,5,7-11H2,(H,26,27);2*1H/t21-;;/m0../s1. The number of rotatable bonds is 6. The van der Waals surface area contributed by atoms with E-state index in [0.29, 0.717) is 27.4 Å². The lowest BCUT2D eigenvalue weighted by atomic mass is 10.1. The number of sulfonamides is 1. The summed E-state index contributed by atoms with van der Waals surface area (Å²) in [5.74, 6) is 0.0424. The fourth-order valence-corrected chi connectivity index (χ4v) is 6.83. The fraction of sp³-hybridized carbons (Fsp3) is 0.304. The van der Waals surface area contributed by atoms with Crippen LogP contribution in [0.2, 0.25) is 10.0 Å². The van der Waals surface area contributed by atoms with E-state index in [1.165, 1.54) is 29.7 Å². The Hall–Kier alpha value is -2.37. The maximum absolute atomic E-state index is 13.2. The molecule has 1 atom stereocenters. The molecule has 2 saturated heterocycles. The van der Waals surface area contributed by atoms with Crippen LogP contribution in [-0.4, -0.2) is 63.0 Å². The van der Waals surface area contributed by atoms with Crippen molar-refractivity contribution in [2.45, 2.75) is 17.4 Å². The molecule has 0 bridgehead atoms. The van der Waals surface area contributed by atoms with E-state index < -0.39 is 10.0 Å². The highest BCUT2D eigenvalue weighted by atomic mass is 35.5. The Balaban J connectivity index is 0.00000190. The number of amides is 1. The third-order valence-electron chi connectivity index (χ3n) is 6.26. The van der Waals surface area contributed by atoms with E-state index in [-0.39, 0.29) is 19.7 Å². The molecule has 1 amide bonds. The van der Waals surface area contributed by atoms with Gasteiger partial charge in [0.05, 0.1) is 10.9 Å². The van der Waals surface area contributed by atoms with Crippen molar-refractivity contribution < 1.29 is 16.1 Å². The normalized spacial score (nSPS) is 19.4. The largest absolute Gasteiger partial charge is 0.369 e. The van der Waals surface area contributed by atoms with Gasteiger partial charge in [-0.15, -0.1) is 11.3 Å². The summed E-state index contributed by atoms with van der Waals surface area (Å²) in [4.78, 5) is 23.5. The van der Waals surface area contributed by atoms with Crippen molar-refractivity contribution in [3.8, 4) is 0 Å². The fourth-order valence-electron chi connectivity index (χ4n) is 4.53. The molecule has 35 heavy (non-hydrogen) atoms. The van der Waals surface area contributed by atoms with Crippen LogP contribution in [-0.2, 0) is 14.8 Å². The van der Waals surface area contributed by atoms with Gasteiger partial charge >= 0.3 is 0 Å². The van der Waals surface area contributed by atoms with Crippen molar-refractivity contribution in [1.29, 1.82) is 0 Å². The number of hydrogen-bond donors (Lipinski definition) is 1. The van der Waals surface area contributed by atoms with Gasteiger partial charge in [-0.05, 0) is 48.9 Å². The minimum Gasteiger partial charge on any atom is -0.369 e. The molecule has 2 fully saturated rings. The first-order valence-electron chi connectivity index (χ1n) is 11.1. The van der Waals surface area contributed by atoms with Gasteiger partial charge in [0.2, 0.25) is 5.91 Å². The molecule has 3 aromatic rings. The number of benzene rings is 2. The Bertz CT molecular complexity index is 1300. The van der Waals surface area contributed by atoms with Crippen LogP contribution in [0.5, 0.6) is 0 Å². The Morgan fingerprint density at radius 1 is 0.971 bits per heavy atom. The molecular weight excluding hydrogens is 529 g/mol. The Morgan fingerprint density at radius 3 is 2.29 bits per heavy atom. The molecule has 0 aliphatic carbocycles. The van der Waals surface area contributed by atoms with Crippen molar-refractivity contribution in [3.05, 3.63) is 64.1 Å². The van der Waals surface area contributed by atoms with Gasteiger partial charge in [0.15, 0.2) is 5.13 Å². The van der Waals surface area contributed by atoms with Crippen LogP contribution < -0.4 is 14.5 Å². The number of thiazole rings is 1. The van der Waals surface area contributed by atoms with Gasteiger partial charge in [-0.25, -0.2) is 13.4 Å². The topological polar surface area (TPSA) is 85.9 Å². The van der Waals surface area contributed by atoms with E-state index in [1.807, 2.05) is 12.1 Å². The minimum atomic E-state index is -3.73. The summed E-state index contributed by atoms with van der Waals surface area (Å²) in [7, 11) is -3.73. The monoisotopic (exact) mass is 555 g/mol. The number of halogens is 2. The third-order valence-corrected chi connectivity index (χ3v) is 8.87. The number of carbonyl (C=O) groups excluding carboxylic acids is 1. The van der Waals surface area contributed by atoms with Crippen molar-refractivity contribution in [3.63, 3.8) is 0 Å². The van der Waals surface area contributed by atoms with E-state index in [2.05, 4.69) is 19.5 Å². The molecule has 2 aliphatic heterocycles. The van der Waals surface area contributed by atoms with Crippen LogP contribution in [0.25, 0.3) is 0 Å². The van der Waals surface area contributed by atoms with Gasteiger partial charge < -0.3 is 9.80 Å². The highest BCUT2D eigenvalue weighted by molar-refractivity contribution is 7.93. The first-order valence-corrected chi connectivity index (χ1v) is 14.2. The summed E-state index contributed by atoms with van der Waals surface area (Å²) in [5, 5.41) is 3.22. The molecule has 3 heterocycles. The predicted molar refractivity (Wildman–Crippen MR) is 145 cm³/mol. The number of piperazine rings is 1. The molecule has 2 aromatic carbocycles. The smallest absolute Gasteiger partial charge is 0.263 e. The highest BCUT2D eigenvalue weighted by Crippen LogP contribution is 2.29. The number of nitrogens with one attached hydrogen (secondary N) is 1. The number of anilines is 3. The van der Waals surface area contributed by atoms with Gasteiger partial charge in [-0.2, -0.15) is 0 Å². The summed E-state index contributed by atoms with van der Waals surface area (Å²) in [6.07, 6.45) is 2.27. The van der Waals surface area contributed by atoms with Crippen molar-refractivity contribution >= 4 is 67.0 Å². The molecule has 8 nitrogen and oxygen atoms in total. The second kappa shape index (κ2) is 9.94. The Kier molecular flexibility index (Phi) is 6.91. The summed E-state index contributed by atoms with van der Waals surface area (Å²) < 4.78 is 27.6. The highest BCUT2D eigenvalue weighted by Gasteiger charge is 2.38. The first-order chi connectivity index (χ1) is 16.8. The van der Waals surface area contributed by atoms with Crippen molar-refractivity contribution in [2.24, 2.45) is 0 Å². The molecule has 0 unspecified atom stereocenters. The first kappa shape index (κ1) is 24.3. The van der Waals surface area contributed by atoms with E-state index >= 15 is 0 Å². The van der Waals surface area contributed by atoms with Gasteiger partial charge in [-0.1, -0.05) is 23.2 Å². The second-order valence-electron chi connectivity index (χ2n) is 8.38. The predicted octanol–water partition coefficient (Wildman–Crippen LogP) is 4.67. The lowest BCUT2D eigenvalue weighted by Gasteiger charge is -2.38. The van der Waals surface area contributed by atoms with Crippen molar-refractivity contribution in [2.75, 3.05) is 47.2 Å². The van der Waals surface area contributed by atoms with E-state index in [1.54, 1.807) is 28.5 Å². The SMILES string of the molecule is O=C1[C@@H](N2CCN(c3cc(Cl)cc(Cl)c3)CC2)CCN1c1ccc(S(=O)(=O)Nc2nccs2)cc1.[HH].[HH]. The molecule has 2 aliphatic rings. The average molecular weight is 557 g/mol. The summed E-state index contributed by atoms with van der Waals surface area (Å²) in [6.45, 7) is 3.66. The third kappa shape index (κ3) is 5.26. The molecule has 0 spiro atoms. The molecule has 12 heteroatoms. The Labute approximate surface area is 221 Å². The number of aromatic nitrogens is 1. The van der Waals surface area contributed by atoms with Gasteiger partial charge in [0.1, 0.15) is 0 Å². The molecule has 1 aromatic heterocycles. The summed E-state index contributed by atoms with van der Waals surface area (Å²) >= 11 is 13.5. The van der Waals surface area contributed by atoms with Crippen LogP contribution >= 0.6 is 34.5 Å². The Morgan fingerprint density at radius 2 is 1.66 bits per heavy atom. The quantitative estimate of drug-likeness (QED) is 0.475. The summed E-state index contributed by atoms with van der Waals surface area (Å²) in [6, 6.07) is 11.7. The van der Waals surface area contributed by atoms with Crippen LogP contribution in [0.15, 0.2) is 58.9 Å². The van der Waals surface area contributed by atoms with Crippen LogP contribution in [0.3, 0.4) is 0 Å². The van der Waals surface area contributed by atoms with Gasteiger partial charge in [0.25, 0.3) is 10.0 Å². The molecular formula is C23H27Cl2N5O3S2. The minimum absolute atomic E-state index is 0. The zero-order valence-electron chi connectivity index (χ0n) is 18.6. The number of hydrogen-bond acceptors (Lipinski definition) is 7. The van der Waals surface area contributed by atoms with Crippen molar-refractivity contribution in [1.82, 2.24) is 9.88 Å². The lowest BCUT2D eigenvalue weighted by molar-refractivity contribution is -0.121. The number of carbonyl (C=O) groups is 1. The maximum atomic E-state index is 13.2. The van der Waals surface area contributed by atoms with E-state index in [4.69, 9.17) is 23.2 Å². The van der Waals surface area contributed by atoms with Gasteiger partial charge in [-0.3, -0.25) is 14.4 Å². The molecule has 1 N–H and O–H groups in total. The molecule has 5 rings (SSSR count). The number of nitrogens with zero attached hydrogens (tertiary/aromatic N) is 4. The molecule has 0 radical (unpaired) electrons. The van der Waals surface area contributed by atoms with Crippen LogP contribution in [0, 0.1) is 0 Å². The zero-order valence-corrected chi connectivity index (χ0v) is 21.7. The van der Waals surface area contributed by atoms with Crippen LogP contribution in [0.1, 0.15) is 9.27 Å². The molecule has 0 saturated carbocycles. The summed E-state index contributed by atoms with van der Waals surface area (Å²) in [5.41, 5.74) is 1.68. The molecule has 188 valence electrons. The van der Waals surface area contributed by atoms with E-state index in [0.717, 1.165) is 38.3 Å². The lowest BCUT2D eigenvalue weighted by Crippen LogP contribution is -2.52. The zero-order chi connectivity index (χ0) is 24.6.